The minimum atomic E-state index is -0.0905. The molecule has 2 heterocycles. The van der Waals surface area contributed by atoms with Crippen molar-refractivity contribution in [3.05, 3.63) is 64.7 Å². The number of carbonyl (C=O) groups is 2. The highest BCUT2D eigenvalue weighted by molar-refractivity contribution is 6.08. The Morgan fingerprint density at radius 3 is 2.31 bits per heavy atom. The van der Waals surface area contributed by atoms with Crippen molar-refractivity contribution in [2.45, 2.75) is 46.1 Å². The lowest BCUT2D eigenvalue weighted by Crippen LogP contribution is -2.43. The van der Waals surface area contributed by atoms with Gasteiger partial charge in [0.05, 0.1) is 6.04 Å². The van der Waals surface area contributed by atoms with Gasteiger partial charge in [0.1, 0.15) is 0 Å². The quantitative estimate of drug-likeness (QED) is 0.722. The van der Waals surface area contributed by atoms with Crippen LogP contribution in [-0.2, 0) is 6.42 Å². The second kappa shape index (κ2) is 8.11. The van der Waals surface area contributed by atoms with E-state index in [4.69, 9.17) is 0 Å². The van der Waals surface area contributed by atoms with E-state index in [1.54, 1.807) is 0 Å². The number of aryl methyl sites for hydroxylation is 1. The summed E-state index contributed by atoms with van der Waals surface area (Å²) in [6, 6.07) is 13.5. The van der Waals surface area contributed by atoms with Crippen LogP contribution >= 0.6 is 0 Å². The highest BCUT2D eigenvalue weighted by Crippen LogP contribution is 2.31. The Balaban J connectivity index is 1.50. The van der Waals surface area contributed by atoms with E-state index < -0.39 is 0 Å². The fourth-order valence-electron chi connectivity index (χ4n) is 4.44. The molecule has 2 aromatic carbocycles. The van der Waals surface area contributed by atoms with Gasteiger partial charge in [-0.2, -0.15) is 0 Å². The maximum absolute atomic E-state index is 13.1. The summed E-state index contributed by atoms with van der Waals surface area (Å²) in [5, 5.41) is 0. The first-order valence-electron chi connectivity index (χ1n) is 10.7. The Kier molecular flexibility index (Phi) is 5.55. The second-order valence-electron chi connectivity index (χ2n) is 8.68. The van der Waals surface area contributed by atoms with E-state index in [9.17, 15) is 9.59 Å². The van der Waals surface area contributed by atoms with Crippen molar-refractivity contribution in [3.8, 4) is 0 Å². The van der Waals surface area contributed by atoms with Gasteiger partial charge >= 0.3 is 0 Å². The van der Waals surface area contributed by atoms with Crippen LogP contribution in [0, 0.1) is 12.8 Å². The highest BCUT2D eigenvalue weighted by atomic mass is 16.2. The number of hydrogen-bond donors (Lipinski definition) is 0. The molecule has 0 spiro atoms. The first kappa shape index (κ1) is 19.8. The van der Waals surface area contributed by atoms with E-state index in [-0.39, 0.29) is 17.7 Å². The zero-order valence-corrected chi connectivity index (χ0v) is 17.6. The molecule has 152 valence electrons. The van der Waals surface area contributed by atoms with Gasteiger partial charge in [0.15, 0.2) is 5.78 Å². The molecule has 29 heavy (non-hydrogen) atoms. The van der Waals surface area contributed by atoms with Crippen molar-refractivity contribution in [1.29, 1.82) is 0 Å². The minimum absolute atomic E-state index is 0.0265. The van der Waals surface area contributed by atoms with Gasteiger partial charge in [-0.3, -0.25) is 14.5 Å². The zero-order valence-electron chi connectivity index (χ0n) is 17.6. The van der Waals surface area contributed by atoms with Crippen LogP contribution in [-0.4, -0.2) is 42.3 Å². The average Bonchev–Trinajstić information content (AvgIpc) is 3.16. The van der Waals surface area contributed by atoms with Gasteiger partial charge in [-0.1, -0.05) is 24.6 Å². The molecule has 0 saturated carbocycles. The number of anilines is 1. The second-order valence-corrected chi connectivity index (χ2v) is 8.68. The molecule has 0 bridgehead atoms. The molecule has 4 rings (SSSR count). The third-order valence-electron chi connectivity index (χ3n) is 6.55. The van der Waals surface area contributed by atoms with Gasteiger partial charge in [-0.05, 0) is 88.0 Å². The van der Waals surface area contributed by atoms with Crippen molar-refractivity contribution in [1.82, 2.24) is 4.90 Å². The Labute approximate surface area is 173 Å². The third kappa shape index (κ3) is 3.99. The van der Waals surface area contributed by atoms with Gasteiger partial charge in [-0.15, -0.1) is 0 Å². The Morgan fingerprint density at radius 2 is 1.62 bits per heavy atom. The van der Waals surface area contributed by atoms with Gasteiger partial charge in [-0.25, -0.2) is 0 Å². The van der Waals surface area contributed by atoms with E-state index in [1.807, 2.05) is 61.2 Å². The Morgan fingerprint density at radius 1 is 0.966 bits per heavy atom. The number of fused-ring (bicyclic) bond motifs is 1. The van der Waals surface area contributed by atoms with Gasteiger partial charge in [0.2, 0.25) is 0 Å². The van der Waals surface area contributed by atoms with Crippen LogP contribution in [0.25, 0.3) is 0 Å². The summed E-state index contributed by atoms with van der Waals surface area (Å²) in [6.45, 7) is 8.99. The Hall–Kier alpha value is -2.46. The predicted molar refractivity (Wildman–Crippen MR) is 117 cm³/mol. The van der Waals surface area contributed by atoms with Gasteiger partial charge in [0.25, 0.3) is 5.91 Å². The lowest BCUT2D eigenvalue weighted by atomic mass is 9.95. The van der Waals surface area contributed by atoms with Crippen molar-refractivity contribution in [2.75, 3.05) is 24.5 Å². The van der Waals surface area contributed by atoms with E-state index in [0.717, 1.165) is 60.6 Å². The fraction of sp³-hybridized carbons (Fsp3) is 0.440. The van der Waals surface area contributed by atoms with Crippen LogP contribution in [0.5, 0.6) is 0 Å². The number of benzene rings is 2. The smallest absolute Gasteiger partial charge is 0.258 e. The van der Waals surface area contributed by atoms with E-state index >= 15 is 0 Å². The monoisotopic (exact) mass is 390 g/mol. The lowest BCUT2D eigenvalue weighted by molar-refractivity contribution is 0.0778. The minimum Gasteiger partial charge on any atom is -0.308 e. The molecule has 2 aliphatic heterocycles. The number of nitrogens with zero attached hydrogens (tertiary/aromatic N) is 2. The number of amides is 1. The van der Waals surface area contributed by atoms with Crippen LogP contribution in [0.4, 0.5) is 5.69 Å². The van der Waals surface area contributed by atoms with Crippen molar-refractivity contribution in [3.63, 3.8) is 0 Å². The van der Waals surface area contributed by atoms with Crippen LogP contribution in [0.3, 0.4) is 0 Å². The first-order chi connectivity index (χ1) is 13.9. The first-order valence-corrected chi connectivity index (χ1v) is 10.7. The van der Waals surface area contributed by atoms with Crippen molar-refractivity contribution < 1.29 is 9.59 Å². The molecule has 0 aliphatic carbocycles. The van der Waals surface area contributed by atoms with Crippen LogP contribution in [0.15, 0.2) is 42.5 Å². The van der Waals surface area contributed by atoms with Crippen molar-refractivity contribution >= 4 is 17.4 Å². The fourth-order valence-corrected chi connectivity index (χ4v) is 4.44. The maximum atomic E-state index is 13.1. The van der Waals surface area contributed by atoms with Crippen LogP contribution < -0.4 is 4.90 Å². The van der Waals surface area contributed by atoms with E-state index in [2.05, 4.69) is 11.8 Å². The topological polar surface area (TPSA) is 40.6 Å². The summed E-state index contributed by atoms with van der Waals surface area (Å²) < 4.78 is 0. The summed E-state index contributed by atoms with van der Waals surface area (Å²) in [6.07, 6.45) is 3.12. The molecular weight excluding hydrogens is 360 g/mol. The molecule has 1 unspecified atom stereocenters. The normalized spacial score (nSPS) is 18.5. The molecule has 2 aromatic rings. The average molecular weight is 391 g/mol. The molecule has 0 N–H and O–H groups in total. The summed E-state index contributed by atoms with van der Waals surface area (Å²) in [4.78, 5) is 30.2. The predicted octanol–water partition coefficient (Wildman–Crippen LogP) is 4.50. The summed E-state index contributed by atoms with van der Waals surface area (Å²) >= 11 is 0. The zero-order chi connectivity index (χ0) is 20.5. The molecule has 4 heteroatoms. The van der Waals surface area contributed by atoms with Crippen LogP contribution in [0.1, 0.15) is 58.5 Å². The number of ketones is 1. The molecule has 0 radical (unpaired) electrons. The molecule has 0 aromatic heterocycles. The number of carbonyl (C=O) groups excluding carboxylic acids is 2. The molecular formula is C25H30N2O2. The highest BCUT2D eigenvalue weighted by Gasteiger charge is 2.29. The standard InChI is InChI=1S/C25H30N2O2/c1-17-4-6-20(7-5-17)25(29)27-15-12-21-16-22(8-9-23(21)27)24(28)19(3)26-13-10-18(2)11-14-26/h4-9,16,18-19H,10-15H2,1-3H3. The number of Topliss-reactive ketones (excluding diaryl/α,β-unsaturated/α-hetero) is 1. The summed E-state index contributed by atoms with van der Waals surface area (Å²) in [7, 11) is 0. The van der Waals surface area contributed by atoms with Crippen molar-refractivity contribution in [2.24, 2.45) is 5.92 Å². The number of piperidine rings is 1. The third-order valence-corrected chi connectivity index (χ3v) is 6.55. The van der Waals surface area contributed by atoms with Gasteiger partial charge in [0, 0.05) is 23.4 Å². The van der Waals surface area contributed by atoms with Gasteiger partial charge < -0.3 is 4.90 Å². The molecule has 4 nitrogen and oxygen atoms in total. The molecule has 1 amide bonds. The SMILES string of the molecule is Cc1ccc(C(=O)N2CCc3cc(C(=O)C(C)N4CCC(C)CC4)ccc32)cc1. The van der Waals surface area contributed by atoms with Crippen LogP contribution in [0.2, 0.25) is 0 Å². The largest absolute Gasteiger partial charge is 0.308 e. The number of likely N-dealkylation sites (tertiary alicyclic amines) is 1. The summed E-state index contributed by atoms with van der Waals surface area (Å²) in [5.41, 5.74) is 4.64. The molecule has 2 aliphatic rings. The van der Waals surface area contributed by atoms with E-state index in [0.29, 0.717) is 12.1 Å². The maximum Gasteiger partial charge on any atom is 0.258 e. The molecule has 1 atom stereocenters. The number of hydrogen-bond acceptors (Lipinski definition) is 3. The number of rotatable bonds is 4. The lowest BCUT2D eigenvalue weighted by Gasteiger charge is -2.34. The van der Waals surface area contributed by atoms with E-state index in [1.165, 1.54) is 0 Å². The Bertz CT molecular complexity index is 911. The summed E-state index contributed by atoms with van der Waals surface area (Å²) in [5.74, 6) is 0.967. The molecule has 1 saturated heterocycles. The molecule has 1 fully saturated rings.